The van der Waals surface area contributed by atoms with Crippen molar-refractivity contribution in [1.29, 1.82) is 0 Å². The largest absolute Gasteiger partial charge is 0.383 e. The van der Waals surface area contributed by atoms with Crippen LogP contribution in [0.15, 0.2) is 12.3 Å². The third kappa shape index (κ3) is 5.08. The number of nitrogens with one attached hydrogen (secondary N) is 1. The molecule has 0 radical (unpaired) electrons. The molecule has 6 heteroatoms. The van der Waals surface area contributed by atoms with Crippen LogP contribution in [0.3, 0.4) is 0 Å². The zero-order chi connectivity index (χ0) is 14.3. The third-order valence-corrected chi connectivity index (χ3v) is 2.83. The minimum Gasteiger partial charge on any atom is -0.383 e. The highest BCUT2D eigenvalue weighted by molar-refractivity contribution is 5.46. The zero-order valence-electron chi connectivity index (χ0n) is 11.3. The van der Waals surface area contributed by atoms with Crippen molar-refractivity contribution in [2.24, 2.45) is 0 Å². The van der Waals surface area contributed by atoms with Gasteiger partial charge in [0.2, 0.25) is 0 Å². The van der Waals surface area contributed by atoms with Gasteiger partial charge in [-0.2, -0.15) is 0 Å². The fourth-order valence-electron chi connectivity index (χ4n) is 2.01. The second-order valence-corrected chi connectivity index (χ2v) is 4.29. The van der Waals surface area contributed by atoms with Crippen LogP contribution in [0.2, 0.25) is 0 Å². The molecule has 0 aromatic carbocycles. The SMILES string of the molecule is CCNC(CCOCC(F)F)c1c(C)ccnc1N. The lowest BCUT2D eigenvalue weighted by atomic mass is 10.00. The van der Waals surface area contributed by atoms with Gasteiger partial charge in [-0.05, 0) is 31.5 Å². The van der Waals surface area contributed by atoms with Gasteiger partial charge in [-0.3, -0.25) is 0 Å². The van der Waals surface area contributed by atoms with E-state index in [1.165, 1.54) is 0 Å². The molecule has 0 spiro atoms. The molecule has 1 unspecified atom stereocenters. The quantitative estimate of drug-likeness (QED) is 0.713. The van der Waals surface area contributed by atoms with E-state index < -0.39 is 13.0 Å². The Morgan fingerprint density at radius 3 is 2.79 bits per heavy atom. The molecule has 0 aliphatic carbocycles. The van der Waals surface area contributed by atoms with Crippen molar-refractivity contribution in [2.45, 2.75) is 32.7 Å². The number of alkyl halides is 2. The predicted molar refractivity (Wildman–Crippen MR) is 71.2 cm³/mol. The zero-order valence-corrected chi connectivity index (χ0v) is 11.3. The van der Waals surface area contributed by atoms with Crippen molar-refractivity contribution in [3.05, 3.63) is 23.4 Å². The summed E-state index contributed by atoms with van der Waals surface area (Å²) in [6.07, 6.45) is -0.190. The third-order valence-electron chi connectivity index (χ3n) is 2.83. The van der Waals surface area contributed by atoms with Gasteiger partial charge in [0.1, 0.15) is 12.4 Å². The second kappa shape index (κ2) is 8.01. The molecule has 0 amide bonds. The Morgan fingerprint density at radius 1 is 1.47 bits per heavy atom. The van der Waals surface area contributed by atoms with Crippen LogP contribution in [0.4, 0.5) is 14.6 Å². The molecule has 4 nitrogen and oxygen atoms in total. The predicted octanol–water partition coefficient (Wildman–Crippen LogP) is 2.29. The molecule has 0 saturated carbocycles. The van der Waals surface area contributed by atoms with Crippen LogP contribution in [0, 0.1) is 6.92 Å². The fourth-order valence-corrected chi connectivity index (χ4v) is 2.01. The molecule has 19 heavy (non-hydrogen) atoms. The number of ether oxygens (including phenoxy) is 1. The van der Waals surface area contributed by atoms with Crippen LogP contribution < -0.4 is 11.1 Å². The molecule has 108 valence electrons. The summed E-state index contributed by atoms with van der Waals surface area (Å²) in [6, 6.07) is 1.85. The van der Waals surface area contributed by atoms with E-state index in [-0.39, 0.29) is 12.6 Å². The number of nitrogen functional groups attached to an aromatic ring is 1. The van der Waals surface area contributed by atoms with Gasteiger partial charge in [0, 0.05) is 24.4 Å². The lowest BCUT2D eigenvalue weighted by molar-refractivity contribution is 0.0144. The van der Waals surface area contributed by atoms with Gasteiger partial charge in [0.05, 0.1) is 0 Å². The molecule has 1 heterocycles. The Hall–Kier alpha value is -1.27. The highest BCUT2D eigenvalue weighted by Gasteiger charge is 2.16. The maximum Gasteiger partial charge on any atom is 0.261 e. The van der Waals surface area contributed by atoms with Crippen molar-refractivity contribution < 1.29 is 13.5 Å². The van der Waals surface area contributed by atoms with E-state index in [4.69, 9.17) is 10.5 Å². The summed E-state index contributed by atoms with van der Waals surface area (Å²) < 4.78 is 28.9. The smallest absolute Gasteiger partial charge is 0.261 e. The summed E-state index contributed by atoms with van der Waals surface area (Å²) in [4.78, 5) is 4.08. The van der Waals surface area contributed by atoms with Crippen LogP contribution in [0.1, 0.15) is 30.5 Å². The molecule has 0 bridgehead atoms. The van der Waals surface area contributed by atoms with Crippen LogP contribution in [-0.4, -0.2) is 31.2 Å². The molecular weight excluding hydrogens is 252 g/mol. The number of anilines is 1. The highest BCUT2D eigenvalue weighted by Crippen LogP contribution is 2.25. The fraction of sp³-hybridized carbons (Fsp3) is 0.615. The maximum absolute atomic E-state index is 12.0. The topological polar surface area (TPSA) is 60.2 Å². The number of hydrogen-bond acceptors (Lipinski definition) is 4. The number of pyridine rings is 1. The number of hydrogen-bond donors (Lipinski definition) is 2. The number of aromatic nitrogens is 1. The minimum atomic E-state index is -2.43. The molecular formula is C13H21F2N3O. The van der Waals surface area contributed by atoms with E-state index in [9.17, 15) is 8.78 Å². The minimum absolute atomic E-state index is 0.0311. The number of halogens is 2. The molecule has 1 rings (SSSR count). The lowest BCUT2D eigenvalue weighted by Gasteiger charge is -2.21. The summed E-state index contributed by atoms with van der Waals surface area (Å²) in [7, 11) is 0. The van der Waals surface area contributed by atoms with Crippen molar-refractivity contribution >= 4 is 5.82 Å². The van der Waals surface area contributed by atoms with Gasteiger partial charge in [0.15, 0.2) is 0 Å². The average molecular weight is 273 g/mol. The monoisotopic (exact) mass is 273 g/mol. The number of nitrogens with zero attached hydrogens (tertiary/aromatic N) is 1. The highest BCUT2D eigenvalue weighted by atomic mass is 19.3. The van der Waals surface area contributed by atoms with Crippen molar-refractivity contribution in [2.75, 3.05) is 25.5 Å². The first-order valence-electron chi connectivity index (χ1n) is 6.36. The number of rotatable bonds is 8. The van der Waals surface area contributed by atoms with Crippen molar-refractivity contribution in [3.63, 3.8) is 0 Å². The Kier molecular flexibility index (Phi) is 6.66. The van der Waals surface area contributed by atoms with E-state index in [2.05, 4.69) is 10.3 Å². The Labute approximate surface area is 112 Å². The van der Waals surface area contributed by atoms with Gasteiger partial charge in [0.25, 0.3) is 6.43 Å². The van der Waals surface area contributed by atoms with E-state index in [1.807, 2.05) is 19.9 Å². The summed E-state index contributed by atoms with van der Waals surface area (Å²) >= 11 is 0. The summed E-state index contributed by atoms with van der Waals surface area (Å²) in [5.74, 6) is 0.472. The molecule has 1 atom stereocenters. The van der Waals surface area contributed by atoms with Gasteiger partial charge in [-0.15, -0.1) is 0 Å². The normalized spacial score (nSPS) is 12.9. The van der Waals surface area contributed by atoms with Gasteiger partial charge < -0.3 is 15.8 Å². The van der Waals surface area contributed by atoms with Gasteiger partial charge in [-0.25, -0.2) is 13.8 Å². The molecule has 3 N–H and O–H groups in total. The Bertz CT molecular complexity index is 368. The Balaban J connectivity index is 2.66. The first kappa shape index (κ1) is 15.8. The van der Waals surface area contributed by atoms with Crippen LogP contribution >= 0.6 is 0 Å². The maximum atomic E-state index is 12.0. The number of nitrogens with two attached hydrogens (primary N) is 1. The number of aryl methyl sites for hydroxylation is 1. The van der Waals surface area contributed by atoms with Crippen molar-refractivity contribution in [1.82, 2.24) is 10.3 Å². The van der Waals surface area contributed by atoms with Gasteiger partial charge in [-0.1, -0.05) is 6.92 Å². The van der Waals surface area contributed by atoms with Gasteiger partial charge >= 0.3 is 0 Å². The lowest BCUT2D eigenvalue weighted by Crippen LogP contribution is -2.25. The van der Waals surface area contributed by atoms with E-state index in [0.717, 1.165) is 17.7 Å². The first-order valence-corrected chi connectivity index (χ1v) is 6.36. The van der Waals surface area contributed by atoms with E-state index in [1.54, 1.807) is 6.20 Å². The summed E-state index contributed by atoms with van der Waals surface area (Å²) in [5, 5.41) is 3.28. The van der Waals surface area contributed by atoms with E-state index in [0.29, 0.717) is 12.2 Å². The van der Waals surface area contributed by atoms with Crippen LogP contribution in [-0.2, 0) is 4.74 Å². The van der Waals surface area contributed by atoms with Crippen LogP contribution in [0.25, 0.3) is 0 Å². The molecule has 0 saturated heterocycles. The molecule has 0 aliphatic heterocycles. The molecule has 1 aromatic rings. The van der Waals surface area contributed by atoms with Crippen molar-refractivity contribution in [3.8, 4) is 0 Å². The molecule has 1 aromatic heterocycles. The second-order valence-electron chi connectivity index (χ2n) is 4.29. The first-order chi connectivity index (χ1) is 9.06. The van der Waals surface area contributed by atoms with E-state index >= 15 is 0 Å². The molecule has 0 fully saturated rings. The summed E-state index contributed by atoms with van der Waals surface area (Å²) in [6.45, 7) is 4.43. The Morgan fingerprint density at radius 2 is 2.21 bits per heavy atom. The van der Waals surface area contributed by atoms with Crippen LogP contribution in [0.5, 0.6) is 0 Å². The average Bonchev–Trinajstić information content (AvgIpc) is 2.34. The standard InChI is InChI=1S/C13H21F2N3O/c1-3-17-10(5-7-19-8-11(14)15)12-9(2)4-6-18-13(12)16/h4,6,10-11,17H,3,5,7-8H2,1-2H3,(H2,16,18). The summed E-state index contributed by atoms with van der Waals surface area (Å²) in [5.41, 5.74) is 7.85. The molecule has 0 aliphatic rings.